The highest BCUT2D eigenvalue weighted by Gasteiger charge is 2.19. The van der Waals surface area contributed by atoms with Gasteiger partial charge in [0, 0.05) is 10.8 Å². The molecule has 0 aliphatic rings. The van der Waals surface area contributed by atoms with Crippen LogP contribution in [0.4, 0.5) is 0 Å². The molecule has 0 spiro atoms. The Morgan fingerprint density at radius 1 is 0.306 bits per heavy atom. The van der Waals surface area contributed by atoms with Gasteiger partial charge in [-0.05, 0) is 119 Å². The normalized spacial score (nSPS) is 20.0. The van der Waals surface area contributed by atoms with Gasteiger partial charge in [-0.2, -0.15) is 0 Å². The van der Waals surface area contributed by atoms with Crippen molar-refractivity contribution in [3.8, 4) is 44.5 Å². The molecule has 0 amide bonds. The monoisotopic (exact) mass is 651 g/mol. The van der Waals surface area contributed by atoms with Crippen LogP contribution in [-0.4, -0.2) is 0 Å². The molecule has 0 saturated heterocycles. The lowest BCUT2D eigenvalue weighted by molar-refractivity contribution is 0.669. The molecule has 1 heterocycles. The van der Waals surface area contributed by atoms with Crippen LogP contribution in [0.1, 0.15) is 39.8 Å². The van der Waals surface area contributed by atoms with Crippen molar-refractivity contribution in [3.63, 3.8) is 0 Å². The van der Waals surface area contributed by atoms with E-state index in [-0.39, 0.29) is 0 Å². The summed E-state index contributed by atoms with van der Waals surface area (Å²) in [4.78, 5) is 0. The third-order valence-corrected chi connectivity index (χ3v) is 7.83. The van der Waals surface area contributed by atoms with Gasteiger partial charge in [0.05, 0.1) is 39.8 Å². The maximum absolute atomic E-state index is 9.94. The molecule has 0 aliphatic carbocycles. The van der Waals surface area contributed by atoms with Gasteiger partial charge < -0.3 is 4.42 Å². The number of hydrogen-bond acceptors (Lipinski definition) is 1. The lowest BCUT2D eigenvalue weighted by Gasteiger charge is -2.19. The molecule has 1 aromatic heterocycles. The second kappa shape index (κ2) is 11.1. The molecule has 9 aromatic carbocycles. The van der Waals surface area contributed by atoms with Gasteiger partial charge in [-0.1, -0.05) is 139 Å². The van der Waals surface area contributed by atoms with Gasteiger partial charge in [-0.3, -0.25) is 0 Å². The number of furan rings is 1. The first-order valence-electron chi connectivity index (χ1n) is 29.0. The van der Waals surface area contributed by atoms with Crippen molar-refractivity contribution in [2.45, 2.75) is 0 Å². The maximum Gasteiger partial charge on any atom is 0.136 e. The first-order valence-corrected chi connectivity index (χ1v) is 14.5. The zero-order valence-corrected chi connectivity index (χ0v) is 24.5. The molecule has 49 heavy (non-hydrogen) atoms. The third kappa shape index (κ3) is 4.55. The quantitative estimate of drug-likeness (QED) is 0.173. The fourth-order valence-corrected chi connectivity index (χ4v) is 5.75. The summed E-state index contributed by atoms with van der Waals surface area (Å²) >= 11 is 0. The summed E-state index contributed by atoms with van der Waals surface area (Å²) in [5.74, 6) is 0. The smallest absolute Gasteiger partial charge is 0.136 e. The minimum atomic E-state index is -1.12. The highest BCUT2D eigenvalue weighted by Crippen LogP contribution is 2.46. The van der Waals surface area contributed by atoms with Crippen molar-refractivity contribution in [1.82, 2.24) is 0 Å². The number of fused-ring (bicyclic) bond motifs is 6. The minimum Gasteiger partial charge on any atom is -0.456 e. The van der Waals surface area contributed by atoms with Crippen LogP contribution in [0.25, 0.3) is 98.8 Å². The number of benzene rings is 9. The Morgan fingerprint density at radius 3 is 1.51 bits per heavy atom. The summed E-state index contributed by atoms with van der Waals surface area (Å²) in [6, 6.07) is -26.3. The molecule has 0 radical (unpaired) electrons. The van der Waals surface area contributed by atoms with E-state index in [9.17, 15) is 15.1 Å². The molecule has 0 aliphatic heterocycles. The molecule has 0 fully saturated rings. The zero-order valence-electron chi connectivity index (χ0n) is 53.5. The van der Waals surface area contributed by atoms with Crippen molar-refractivity contribution < 1.29 is 44.2 Å². The fraction of sp³-hybridized carbons (Fsp3) is 0. The van der Waals surface area contributed by atoms with Gasteiger partial charge in [0.25, 0.3) is 0 Å². The molecule has 1 heteroatoms. The van der Waals surface area contributed by atoms with Crippen LogP contribution in [0, 0.1) is 0 Å². The van der Waals surface area contributed by atoms with Gasteiger partial charge in [-0.25, -0.2) is 0 Å². The van der Waals surface area contributed by atoms with E-state index in [0.29, 0.717) is 0 Å². The van der Waals surface area contributed by atoms with Crippen molar-refractivity contribution in [2.75, 3.05) is 0 Å². The fourth-order valence-electron chi connectivity index (χ4n) is 5.75. The molecular weight excluding hydrogens is 593 g/mol. The first-order chi connectivity index (χ1) is 36.4. The van der Waals surface area contributed by atoms with Crippen LogP contribution in [-0.2, 0) is 0 Å². The molecular formula is C48H30O. The van der Waals surface area contributed by atoms with Crippen LogP contribution in [0.5, 0.6) is 0 Å². The highest BCUT2D eigenvalue weighted by molar-refractivity contribution is 6.22. The Bertz CT molecular complexity index is 4430. The predicted octanol–water partition coefficient (Wildman–Crippen LogP) is 13.7. The van der Waals surface area contributed by atoms with E-state index in [1.165, 1.54) is 0 Å². The lowest BCUT2D eigenvalue weighted by Crippen LogP contribution is -1.92. The standard InChI is InChI=1S/C48H30O/c1-3-13-31(14-4-1)36-25-37(32-15-5-2-6-16-32)27-38(26-36)48-41-21-11-9-19-39(41)47(40-20-10-12-22-42(40)48)35-23-24-45-43(29-35)44-28-33-17-7-8-18-34(33)30-46(44)49-45/h1-30H/i1D,2D,3D,4D,5D,6D,7D,8D,9D,10D,11D,12D,13D,14D,15D,17D,18D,19D,20D,21D,22D,23D,24D,25D,26D,27D,28D,29D,30D. The molecule has 10 aromatic rings. The van der Waals surface area contributed by atoms with Gasteiger partial charge in [0.1, 0.15) is 11.2 Å². The average molecular weight is 652 g/mol. The third-order valence-electron chi connectivity index (χ3n) is 7.83. The topological polar surface area (TPSA) is 13.1 Å². The summed E-state index contributed by atoms with van der Waals surface area (Å²) in [5.41, 5.74) is -7.74. The van der Waals surface area contributed by atoms with Crippen molar-refractivity contribution in [3.05, 3.63) is 181 Å². The maximum atomic E-state index is 9.94. The van der Waals surface area contributed by atoms with Crippen LogP contribution < -0.4 is 0 Å². The van der Waals surface area contributed by atoms with Crippen LogP contribution >= 0.6 is 0 Å². The second-order valence-corrected chi connectivity index (χ2v) is 10.6. The highest BCUT2D eigenvalue weighted by atomic mass is 16.3. The molecule has 0 bridgehead atoms. The van der Waals surface area contributed by atoms with Crippen LogP contribution in [0.3, 0.4) is 0 Å². The van der Waals surface area contributed by atoms with E-state index < -0.39 is 274 Å². The first kappa shape index (κ1) is 11.3. The zero-order chi connectivity index (χ0) is 57.5. The summed E-state index contributed by atoms with van der Waals surface area (Å²) in [7, 11) is 0. The Kier molecular flexibility index (Phi) is 2.56. The Labute approximate surface area is 325 Å². The molecule has 0 atom stereocenters. The Morgan fingerprint density at radius 2 is 0.816 bits per heavy atom. The van der Waals surface area contributed by atoms with E-state index in [0.717, 1.165) is 6.07 Å². The SMILES string of the molecule is [2H]c1cc(-c2c([2H])c(-c3c([2H])c([2H])c([2H])c([2H])c3[2H])c([2H])c(-c3c4c([2H])c([2H])c([2H])c([2H])c4c(-c4c([2H])c([2H])c5oc6c([2H])c7c([2H])c([2H])c([2H])c([2H])c7c([2H])c6c5c4[2H])c4c([2H])c([2H])c([2H])c([2H])c34)c2[2H])c([2H])c([2H])c1[2H]. The summed E-state index contributed by atoms with van der Waals surface area (Å²) in [5, 5.41) is -5.23. The summed E-state index contributed by atoms with van der Waals surface area (Å²) in [6.07, 6.45) is 0. The van der Waals surface area contributed by atoms with E-state index >= 15 is 0 Å². The van der Waals surface area contributed by atoms with E-state index in [1.54, 1.807) is 0 Å². The molecule has 10 rings (SSSR count). The second-order valence-electron chi connectivity index (χ2n) is 10.6. The molecule has 228 valence electrons. The van der Waals surface area contributed by atoms with Gasteiger partial charge >= 0.3 is 0 Å². The lowest BCUT2D eigenvalue weighted by atomic mass is 9.84. The minimum absolute atomic E-state index is 0.465. The van der Waals surface area contributed by atoms with Crippen molar-refractivity contribution >= 4 is 54.3 Å². The molecule has 1 nitrogen and oxygen atoms in total. The summed E-state index contributed by atoms with van der Waals surface area (Å²) in [6.45, 7) is 0. The van der Waals surface area contributed by atoms with E-state index in [2.05, 4.69) is 0 Å². The van der Waals surface area contributed by atoms with Crippen molar-refractivity contribution in [2.24, 2.45) is 0 Å². The number of hydrogen-bond donors (Lipinski definition) is 0. The molecule has 0 saturated carbocycles. The van der Waals surface area contributed by atoms with Gasteiger partial charge in [0.2, 0.25) is 0 Å². The van der Waals surface area contributed by atoms with Crippen LogP contribution in [0.2, 0.25) is 0 Å². The van der Waals surface area contributed by atoms with Crippen molar-refractivity contribution in [1.29, 1.82) is 0 Å². The van der Waals surface area contributed by atoms with Gasteiger partial charge in [0.15, 0.2) is 0 Å². The number of rotatable bonds is 4. The Hall–Kier alpha value is -6.44. The van der Waals surface area contributed by atoms with Crippen LogP contribution in [0.15, 0.2) is 186 Å². The molecule has 0 N–H and O–H groups in total. The average Bonchev–Trinajstić information content (AvgIpc) is 3.99. The van der Waals surface area contributed by atoms with Gasteiger partial charge in [-0.15, -0.1) is 0 Å². The van der Waals surface area contributed by atoms with E-state index in [1.807, 2.05) is 0 Å². The Balaban J connectivity index is 1.53. The summed E-state index contributed by atoms with van der Waals surface area (Å²) < 4.78 is 268. The predicted molar refractivity (Wildman–Crippen MR) is 208 cm³/mol. The molecule has 0 unspecified atom stereocenters. The van der Waals surface area contributed by atoms with E-state index in [4.69, 9.17) is 29.1 Å². The largest absolute Gasteiger partial charge is 0.456 e.